The van der Waals surface area contributed by atoms with Gasteiger partial charge in [0, 0.05) is 31.3 Å². The monoisotopic (exact) mass is 297 g/mol. The quantitative estimate of drug-likeness (QED) is 0.839. The Morgan fingerprint density at radius 1 is 1.29 bits per heavy atom. The molecule has 1 atom stereocenters. The lowest BCUT2D eigenvalue weighted by atomic mass is 10.0. The Hall–Kier alpha value is -1.04. The van der Waals surface area contributed by atoms with Gasteiger partial charge in [0.05, 0.1) is 6.04 Å². The molecule has 0 saturated carbocycles. The summed E-state index contributed by atoms with van der Waals surface area (Å²) in [5.41, 5.74) is 7.14. The summed E-state index contributed by atoms with van der Waals surface area (Å²) in [5.74, 6) is -0.973. The number of fused-ring (bicyclic) bond motifs is 1. The minimum Gasteiger partial charge on any atom is -0.329 e. The first kappa shape index (κ1) is 16.3. The molecule has 1 heterocycles. The maximum Gasteiger partial charge on any atom is 0.131 e. The first-order valence-electron chi connectivity index (χ1n) is 7.74. The Balaban J connectivity index is 2.02. The minimum absolute atomic E-state index is 0.127. The highest BCUT2D eigenvalue weighted by Gasteiger charge is 2.32. The summed E-state index contributed by atoms with van der Waals surface area (Å²) in [7, 11) is 0. The summed E-state index contributed by atoms with van der Waals surface area (Å²) in [6, 6.07) is 2.27. The van der Waals surface area contributed by atoms with E-state index in [0.717, 1.165) is 44.2 Å². The van der Waals surface area contributed by atoms with Gasteiger partial charge in [-0.25, -0.2) is 8.78 Å². The molecule has 5 heteroatoms. The van der Waals surface area contributed by atoms with Crippen LogP contribution in [-0.2, 0) is 6.54 Å². The second-order valence-corrected chi connectivity index (χ2v) is 5.56. The van der Waals surface area contributed by atoms with Crippen LogP contribution in [0.25, 0.3) is 0 Å². The third-order valence-corrected chi connectivity index (χ3v) is 4.36. The maximum atomic E-state index is 14.0. The highest BCUT2D eigenvalue weighted by molar-refractivity contribution is 5.36. The summed E-state index contributed by atoms with van der Waals surface area (Å²) in [5, 5.41) is 0. The predicted molar refractivity (Wildman–Crippen MR) is 81.0 cm³/mol. The molecule has 1 aliphatic heterocycles. The number of hydrogen-bond donors (Lipinski definition) is 1. The molecule has 0 aromatic heterocycles. The molecular formula is C16H25F2N3. The third kappa shape index (κ3) is 3.59. The van der Waals surface area contributed by atoms with Crippen LogP contribution in [0.5, 0.6) is 0 Å². The number of nitrogens with two attached hydrogens (primary N) is 1. The van der Waals surface area contributed by atoms with Crippen LogP contribution in [0.1, 0.15) is 37.4 Å². The third-order valence-electron chi connectivity index (χ3n) is 4.36. The van der Waals surface area contributed by atoms with Gasteiger partial charge in [0.15, 0.2) is 0 Å². The fraction of sp³-hybridized carbons (Fsp3) is 0.625. The second-order valence-electron chi connectivity index (χ2n) is 5.56. The standard InChI is InChI=1S/C16H25F2N3/c1-3-20(4-2)6-5-7-21-11-12-8-13(17)9-14(18)16(12)15(21)10-19/h8-9,15H,3-7,10-11,19H2,1-2H3. The molecule has 0 bridgehead atoms. The van der Waals surface area contributed by atoms with Gasteiger partial charge in [-0.3, -0.25) is 4.90 Å². The summed E-state index contributed by atoms with van der Waals surface area (Å²) < 4.78 is 27.3. The first-order valence-corrected chi connectivity index (χ1v) is 7.74. The molecule has 1 unspecified atom stereocenters. The summed E-state index contributed by atoms with van der Waals surface area (Å²) in [6.45, 7) is 9.20. The largest absolute Gasteiger partial charge is 0.329 e. The van der Waals surface area contributed by atoms with Crippen LogP contribution in [0, 0.1) is 11.6 Å². The molecule has 1 aliphatic rings. The molecule has 0 amide bonds. The van der Waals surface area contributed by atoms with Crippen molar-refractivity contribution in [2.75, 3.05) is 32.7 Å². The Kier molecular flexibility index (Phi) is 5.67. The van der Waals surface area contributed by atoms with Gasteiger partial charge in [-0.2, -0.15) is 0 Å². The number of hydrogen-bond acceptors (Lipinski definition) is 3. The van der Waals surface area contributed by atoms with Crippen LogP contribution in [0.2, 0.25) is 0 Å². The second kappa shape index (κ2) is 7.29. The molecule has 2 rings (SSSR count). The SMILES string of the molecule is CCN(CC)CCCN1Cc2cc(F)cc(F)c2C1CN. The molecule has 1 aromatic rings. The zero-order valence-corrected chi connectivity index (χ0v) is 12.9. The van der Waals surface area contributed by atoms with Gasteiger partial charge < -0.3 is 10.6 Å². The van der Waals surface area contributed by atoms with Gasteiger partial charge in [0.2, 0.25) is 0 Å². The van der Waals surface area contributed by atoms with Gasteiger partial charge in [-0.1, -0.05) is 13.8 Å². The molecule has 2 N–H and O–H groups in total. The Morgan fingerprint density at radius 3 is 2.62 bits per heavy atom. The maximum absolute atomic E-state index is 14.0. The normalized spacial score (nSPS) is 18.5. The van der Waals surface area contributed by atoms with E-state index in [1.165, 1.54) is 6.07 Å². The van der Waals surface area contributed by atoms with Crippen molar-refractivity contribution in [3.05, 3.63) is 34.9 Å². The summed E-state index contributed by atoms with van der Waals surface area (Å²) in [4.78, 5) is 4.53. The molecule has 0 spiro atoms. The lowest BCUT2D eigenvalue weighted by molar-refractivity contribution is 0.197. The molecule has 0 aliphatic carbocycles. The lowest BCUT2D eigenvalue weighted by Crippen LogP contribution is -2.32. The van der Waals surface area contributed by atoms with E-state index in [1.54, 1.807) is 0 Å². The zero-order chi connectivity index (χ0) is 15.4. The van der Waals surface area contributed by atoms with Crippen molar-refractivity contribution in [2.45, 2.75) is 32.9 Å². The molecule has 21 heavy (non-hydrogen) atoms. The minimum atomic E-state index is -0.507. The Morgan fingerprint density at radius 2 is 2.00 bits per heavy atom. The van der Waals surface area contributed by atoms with Crippen LogP contribution in [0.4, 0.5) is 8.78 Å². The average molecular weight is 297 g/mol. The van der Waals surface area contributed by atoms with Crippen molar-refractivity contribution in [2.24, 2.45) is 5.73 Å². The Labute approximate surface area is 125 Å². The van der Waals surface area contributed by atoms with Gasteiger partial charge in [0.25, 0.3) is 0 Å². The molecule has 0 fully saturated rings. The van der Waals surface area contributed by atoms with Crippen molar-refractivity contribution >= 4 is 0 Å². The number of rotatable bonds is 7. The smallest absolute Gasteiger partial charge is 0.131 e. The summed E-state index contributed by atoms with van der Waals surface area (Å²) in [6.07, 6.45) is 1.01. The number of benzene rings is 1. The van der Waals surface area contributed by atoms with E-state index >= 15 is 0 Å². The van der Waals surface area contributed by atoms with E-state index in [0.29, 0.717) is 18.7 Å². The van der Waals surface area contributed by atoms with Crippen molar-refractivity contribution in [1.82, 2.24) is 9.80 Å². The van der Waals surface area contributed by atoms with E-state index in [4.69, 9.17) is 5.73 Å². The van der Waals surface area contributed by atoms with Crippen molar-refractivity contribution in [3.63, 3.8) is 0 Å². The molecule has 0 saturated heterocycles. The highest BCUT2D eigenvalue weighted by atomic mass is 19.1. The predicted octanol–water partition coefficient (Wildman–Crippen LogP) is 2.51. The van der Waals surface area contributed by atoms with Crippen LogP contribution in [0.3, 0.4) is 0 Å². The van der Waals surface area contributed by atoms with E-state index in [-0.39, 0.29) is 6.04 Å². The molecular weight excluding hydrogens is 272 g/mol. The van der Waals surface area contributed by atoms with E-state index in [9.17, 15) is 8.78 Å². The van der Waals surface area contributed by atoms with Gasteiger partial charge in [-0.05, 0) is 37.7 Å². The van der Waals surface area contributed by atoms with Crippen molar-refractivity contribution < 1.29 is 8.78 Å². The first-order chi connectivity index (χ1) is 10.1. The van der Waals surface area contributed by atoms with Gasteiger partial charge >= 0.3 is 0 Å². The van der Waals surface area contributed by atoms with Crippen LogP contribution in [-0.4, -0.2) is 42.5 Å². The number of nitrogens with zero attached hydrogens (tertiary/aromatic N) is 2. The van der Waals surface area contributed by atoms with Crippen LogP contribution in [0.15, 0.2) is 12.1 Å². The average Bonchev–Trinajstić information content (AvgIpc) is 2.81. The lowest BCUT2D eigenvalue weighted by Gasteiger charge is -2.25. The number of halogens is 2. The molecule has 1 aromatic carbocycles. The fourth-order valence-electron chi connectivity index (χ4n) is 3.19. The molecule has 3 nitrogen and oxygen atoms in total. The molecule has 0 radical (unpaired) electrons. The van der Waals surface area contributed by atoms with Crippen LogP contribution >= 0.6 is 0 Å². The van der Waals surface area contributed by atoms with E-state index in [1.807, 2.05) is 0 Å². The topological polar surface area (TPSA) is 32.5 Å². The highest BCUT2D eigenvalue weighted by Crippen LogP contribution is 2.35. The van der Waals surface area contributed by atoms with E-state index < -0.39 is 11.6 Å². The van der Waals surface area contributed by atoms with Gasteiger partial charge in [0.1, 0.15) is 11.6 Å². The van der Waals surface area contributed by atoms with E-state index in [2.05, 4.69) is 23.6 Å². The van der Waals surface area contributed by atoms with Gasteiger partial charge in [-0.15, -0.1) is 0 Å². The molecule has 118 valence electrons. The fourth-order valence-corrected chi connectivity index (χ4v) is 3.19. The summed E-state index contributed by atoms with van der Waals surface area (Å²) >= 11 is 0. The van der Waals surface area contributed by atoms with Crippen molar-refractivity contribution in [3.8, 4) is 0 Å². The zero-order valence-electron chi connectivity index (χ0n) is 12.9. The Bertz CT molecular complexity index is 475. The van der Waals surface area contributed by atoms with Crippen LogP contribution < -0.4 is 5.73 Å². The van der Waals surface area contributed by atoms with Crippen molar-refractivity contribution in [1.29, 1.82) is 0 Å².